The molecule has 20 heavy (non-hydrogen) atoms. The van der Waals surface area contributed by atoms with Crippen LogP contribution in [0, 0.1) is 19.3 Å². The van der Waals surface area contributed by atoms with Crippen LogP contribution in [-0.2, 0) is 5.75 Å². The lowest BCUT2D eigenvalue weighted by Crippen LogP contribution is -2.16. The van der Waals surface area contributed by atoms with E-state index in [-0.39, 0.29) is 5.84 Å². The Morgan fingerprint density at radius 1 is 1.30 bits per heavy atom. The van der Waals surface area contributed by atoms with Gasteiger partial charge in [0, 0.05) is 10.8 Å². The van der Waals surface area contributed by atoms with E-state index in [0.29, 0.717) is 16.3 Å². The van der Waals surface area contributed by atoms with Crippen molar-refractivity contribution in [3.8, 4) is 0 Å². The standard InChI is InChI=1S/C14H15ClN4S/c1-8-9(2)18-19-14(12(8)13(16)17)20-7-10-5-3-4-6-11(10)15/h3-6H,7H2,1-2H3,(H3,16,17). The molecule has 1 heterocycles. The second-order valence-corrected chi connectivity index (χ2v) is 5.76. The molecule has 1 aromatic heterocycles. The molecule has 104 valence electrons. The van der Waals surface area contributed by atoms with Gasteiger partial charge < -0.3 is 5.73 Å². The van der Waals surface area contributed by atoms with Gasteiger partial charge >= 0.3 is 0 Å². The fraction of sp³-hybridized carbons (Fsp3) is 0.214. The summed E-state index contributed by atoms with van der Waals surface area (Å²) in [5, 5.41) is 17.4. The van der Waals surface area contributed by atoms with Crippen LogP contribution in [0.1, 0.15) is 22.4 Å². The van der Waals surface area contributed by atoms with Gasteiger partial charge in [-0.1, -0.05) is 41.6 Å². The molecule has 0 atom stereocenters. The fourth-order valence-electron chi connectivity index (χ4n) is 1.77. The highest BCUT2D eigenvalue weighted by atomic mass is 35.5. The summed E-state index contributed by atoms with van der Waals surface area (Å²) >= 11 is 7.62. The molecular formula is C14H15ClN4S. The summed E-state index contributed by atoms with van der Waals surface area (Å²) in [4.78, 5) is 0. The van der Waals surface area contributed by atoms with Crippen LogP contribution in [0.2, 0.25) is 5.02 Å². The van der Waals surface area contributed by atoms with E-state index in [1.165, 1.54) is 11.8 Å². The zero-order chi connectivity index (χ0) is 14.7. The van der Waals surface area contributed by atoms with Crippen LogP contribution < -0.4 is 5.73 Å². The summed E-state index contributed by atoms with van der Waals surface area (Å²) in [6, 6.07) is 7.67. The van der Waals surface area contributed by atoms with Crippen LogP contribution in [0.25, 0.3) is 0 Å². The van der Waals surface area contributed by atoms with Gasteiger partial charge in [0.15, 0.2) is 0 Å². The molecular weight excluding hydrogens is 292 g/mol. The molecule has 0 radical (unpaired) electrons. The van der Waals surface area contributed by atoms with E-state index in [0.717, 1.165) is 21.8 Å². The predicted molar refractivity (Wildman–Crippen MR) is 83.5 cm³/mol. The Morgan fingerprint density at radius 2 is 2.00 bits per heavy atom. The molecule has 0 fully saturated rings. The molecule has 3 N–H and O–H groups in total. The number of thioether (sulfide) groups is 1. The minimum atomic E-state index is 0.0159. The molecule has 0 aliphatic rings. The Labute approximate surface area is 127 Å². The Bertz CT molecular complexity index is 658. The van der Waals surface area contributed by atoms with Crippen molar-refractivity contribution in [3.63, 3.8) is 0 Å². The van der Waals surface area contributed by atoms with Crippen molar-refractivity contribution in [2.45, 2.75) is 24.6 Å². The largest absolute Gasteiger partial charge is 0.384 e. The van der Waals surface area contributed by atoms with Crippen LogP contribution in [-0.4, -0.2) is 16.0 Å². The van der Waals surface area contributed by atoms with Gasteiger partial charge in [0.2, 0.25) is 0 Å². The number of hydrogen-bond donors (Lipinski definition) is 2. The minimum absolute atomic E-state index is 0.0159. The van der Waals surface area contributed by atoms with Gasteiger partial charge in [-0.15, -0.1) is 5.10 Å². The van der Waals surface area contributed by atoms with Crippen molar-refractivity contribution in [2.75, 3.05) is 0 Å². The maximum Gasteiger partial charge on any atom is 0.130 e. The zero-order valence-electron chi connectivity index (χ0n) is 11.3. The number of amidine groups is 1. The Kier molecular flexibility index (Phi) is 4.62. The first-order valence-electron chi connectivity index (χ1n) is 6.05. The highest BCUT2D eigenvalue weighted by Crippen LogP contribution is 2.28. The first-order valence-corrected chi connectivity index (χ1v) is 7.41. The Hall–Kier alpha value is -1.59. The number of hydrogen-bond acceptors (Lipinski definition) is 4. The maximum atomic E-state index is 7.71. The molecule has 0 unspecified atom stereocenters. The van der Waals surface area contributed by atoms with Gasteiger partial charge in [-0.2, -0.15) is 5.10 Å². The summed E-state index contributed by atoms with van der Waals surface area (Å²) < 4.78 is 0. The maximum absolute atomic E-state index is 7.71. The quantitative estimate of drug-likeness (QED) is 0.516. The number of nitrogens with zero attached hydrogens (tertiary/aromatic N) is 2. The second kappa shape index (κ2) is 6.24. The van der Waals surface area contributed by atoms with Crippen LogP contribution >= 0.6 is 23.4 Å². The molecule has 1 aromatic carbocycles. The molecule has 0 saturated carbocycles. The molecule has 0 bridgehead atoms. The van der Waals surface area contributed by atoms with Crippen molar-refractivity contribution >= 4 is 29.2 Å². The second-order valence-electron chi connectivity index (χ2n) is 4.38. The molecule has 0 saturated heterocycles. The van der Waals surface area contributed by atoms with Gasteiger partial charge in [0.1, 0.15) is 10.9 Å². The third-order valence-electron chi connectivity index (χ3n) is 3.01. The highest BCUT2D eigenvalue weighted by molar-refractivity contribution is 7.98. The van der Waals surface area contributed by atoms with E-state index in [2.05, 4.69) is 10.2 Å². The Balaban J connectivity index is 2.29. The normalized spacial score (nSPS) is 10.6. The first-order chi connectivity index (χ1) is 9.50. The van der Waals surface area contributed by atoms with E-state index in [4.69, 9.17) is 22.7 Å². The van der Waals surface area contributed by atoms with E-state index >= 15 is 0 Å². The molecule has 2 aromatic rings. The summed E-state index contributed by atoms with van der Waals surface area (Å²) in [7, 11) is 0. The summed E-state index contributed by atoms with van der Waals surface area (Å²) in [6.45, 7) is 3.76. The van der Waals surface area contributed by atoms with Gasteiger partial charge in [-0.25, -0.2) is 0 Å². The van der Waals surface area contributed by atoms with Crippen LogP contribution in [0.15, 0.2) is 29.3 Å². The van der Waals surface area contributed by atoms with E-state index in [1.807, 2.05) is 38.1 Å². The Morgan fingerprint density at radius 3 is 2.65 bits per heavy atom. The van der Waals surface area contributed by atoms with E-state index in [9.17, 15) is 0 Å². The van der Waals surface area contributed by atoms with E-state index in [1.54, 1.807) is 0 Å². The fourth-order valence-corrected chi connectivity index (χ4v) is 3.10. The lowest BCUT2D eigenvalue weighted by atomic mass is 10.1. The third-order valence-corrected chi connectivity index (χ3v) is 4.40. The molecule has 2 rings (SSSR count). The molecule has 4 nitrogen and oxygen atoms in total. The van der Waals surface area contributed by atoms with Gasteiger partial charge in [-0.3, -0.25) is 5.41 Å². The zero-order valence-corrected chi connectivity index (χ0v) is 12.8. The van der Waals surface area contributed by atoms with E-state index < -0.39 is 0 Å². The number of nitrogens with two attached hydrogens (primary N) is 1. The highest BCUT2D eigenvalue weighted by Gasteiger charge is 2.14. The molecule has 0 aliphatic heterocycles. The van der Waals surface area contributed by atoms with Crippen molar-refractivity contribution in [3.05, 3.63) is 51.7 Å². The number of nitrogens with one attached hydrogen (secondary N) is 1. The van der Waals surface area contributed by atoms with Gasteiger partial charge in [0.25, 0.3) is 0 Å². The molecule has 6 heteroatoms. The summed E-state index contributed by atoms with van der Waals surface area (Å²) in [5.74, 6) is 0.680. The van der Waals surface area contributed by atoms with Crippen molar-refractivity contribution in [2.24, 2.45) is 5.73 Å². The average molecular weight is 307 g/mol. The monoisotopic (exact) mass is 306 g/mol. The lowest BCUT2D eigenvalue weighted by Gasteiger charge is -2.11. The smallest absolute Gasteiger partial charge is 0.130 e. The van der Waals surface area contributed by atoms with Crippen LogP contribution in [0.4, 0.5) is 0 Å². The van der Waals surface area contributed by atoms with Gasteiger partial charge in [-0.05, 0) is 31.0 Å². The topological polar surface area (TPSA) is 75.7 Å². The summed E-state index contributed by atoms with van der Waals surface area (Å²) in [5.41, 5.74) is 9.03. The first kappa shape index (κ1) is 14.8. The number of rotatable bonds is 4. The lowest BCUT2D eigenvalue weighted by molar-refractivity contribution is 0.872. The predicted octanol–water partition coefficient (Wildman–Crippen LogP) is 3.32. The molecule has 0 aliphatic carbocycles. The molecule has 0 spiro atoms. The summed E-state index contributed by atoms with van der Waals surface area (Å²) in [6.07, 6.45) is 0. The van der Waals surface area contributed by atoms with Gasteiger partial charge in [0.05, 0.1) is 11.3 Å². The third kappa shape index (κ3) is 3.11. The average Bonchev–Trinajstić information content (AvgIpc) is 2.41. The number of nitrogen functional groups attached to an aromatic ring is 1. The number of halogens is 1. The van der Waals surface area contributed by atoms with Crippen molar-refractivity contribution < 1.29 is 0 Å². The SMILES string of the molecule is Cc1nnc(SCc2ccccc2Cl)c(C(=N)N)c1C. The molecule has 0 amide bonds. The van der Waals surface area contributed by atoms with Crippen LogP contribution in [0.5, 0.6) is 0 Å². The number of aryl methyl sites for hydroxylation is 1. The number of aromatic nitrogens is 2. The van der Waals surface area contributed by atoms with Crippen molar-refractivity contribution in [1.82, 2.24) is 10.2 Å². The van der Waals surface area contributed by atoms with Crippen LogP contribution in [0.3, 0.4) is 0 Å². The van der Waals surface area contributed by atoms with Crippen molar-refractivity contribution in [1.29, 1.82) is 5.41 Å². The number of benzene rings is 1. The minimum Gasteiger partial charge on any atom is -0.384 e.